The molecule has 0 fully saturated rings. The predicted octanol–water partition coefficient (Wildman–Crippen LogP) is 3.20. The molecule has 0 aliphatic rings. The maximum atomic E-state index is 10.7. The molecule has 0 saturated heterocycles. The minimum Gasteiger partial charge on any atom is -0.425 e. The van der Waals surface area contributed by atoms with E-state index in [0.29, 0.717) is 5.76 Å². The second kappa shape index (κ2) is 5.50. The van der Waals surface area contributed by atoms with Crippen molar-refractivity contribution in [3.8, 4) is 0 Å². The van der Waals surface area contributed by atoms with E-state index in [1.54, 1.807) is 6.92 Å². The molecule has 0 amide bonds. The Labute approximate surface area is 88.2 Å². The first-order chi connectivity index (χ1) is 6.68. The van der Waals surface area contributed by atoms with Crippen molar-refractivity contribution >= 4 is 17.8 Å². The van der Waals surface area contributed by atoms with Crippen LogP contribution in [0.25, 0.3) is 0 Å². The quantitative estimate of drug-likeness (QED) is 0.432. The van der Waals surface area contributed by atoms with Crippen LogP contribution < -0.4 is 0 Å². The van der Waals surface area contributed by atoms with Gasteiger partial charge in [0.1, 0.15) is 5.76 Å². The zero-order chi connectivity index (χ0) is 10.4. The van der Waals surface area contributed by atoms with E-state index in [9.17, 15) is 4.79 Å². The summed E-state index contributed by atoms with van der Waals surface area (Å²) >= 11 is 1.25. The van der Waals surface area contributed by atoms with Gasteiger partial charge in [-0.05, 0) is 26.0 Å². The van der Waals surface area contributed by atoms with Crippen LogP contribution in [0.15, 0.2) is 47.1 Å². The van der Waals surface area contributed by atoms with Gasteiger partial charge in [-0.15, -0.1) is 0 Å². The van der Waals surface area contributed by atoms with Gasteiger partial charge in [0.25, 0.3) is 0 Å². The van der Waals surface area contributed by atoms with Crippen LogP contribution in [0.2, 0.25) is 0 Å². The fraction of sp³-hybridized carbons (Fsp3) is 0.182. The third kappa shape index (κ3) is 4.14. The molecule has 0 heterocycles. The van der Waals surface area contributed by atoms with Gasteiger partial charge >= 0.3 is 0 Å². The van der Waals surface area contributed by atoms with Crippen molar-refractivity contribution in [2.45, 2.75) is 18.7 Å². The summed E-state index contributed by atoms with van der Waals surface area (Å²) in [5, 5.41) is 0. The Bertz CT molecular complexity index is 330. The van der Waals surface area contributed by atoms with Gasteiger partial charge < -0.3 is 4.18 Å². The summed E-state index contributed by atoms with van der Waals surface area (Å²) < 4.78 is 5.30. The molecule has 1 aromatic rings. The molecule has 0 saturated carbocycles. The van der Waals surface area contributed by atoms with Crippen molar-refractivity contribution in [3.05, 3.63) is 42.2 Å². The molecule has 14 heavy (non-hydrogen) atoms. The number of carbonyl (C=O) groups excluding carboxylic acids is 1. The van der Waals surface area contributed by atoms with Crippen LogP contribution >= 0.6 is 12.0 Å². The fourth-order valence-corrected chi connectivity index (χ4v) is 1.44. The van der Waals surface area contributed by atoms with Gasteiger partial charge in [0.15, 0.2) is 5.78 Å². The van der Waals surface area contributed by atoms with Crippen molar-refractivity contribution in [2.24, 2.45) is 0 Å². The zero-order valence-corrected chi connectivity index (χ0v) is 9.01. The van der Waals surface area contributed by atoms with E-state index in [-0.39, 0.29) is 5.78 Å². The minimum absolute atomic E-state index is 0.00355. The highest BCUT2D eigenvalue weighted by Gasteiger charge is 1.96. The van der Waals surface area contributed by atoms with E-state index < -0.39 is 0 Å². The Morgan fingerprint density at radius 2 is 1.93 bits per heavy atom. The molecule has 0 bridgehead atoms. The molecule has 0 spiro atoms. The zero-order valence-electron chi connectivity index (χ0n) is 8.19. The molecule has 0 aromatic heterocycles. The second-order valence-corrected chi connectivity index (χ2v) is 3.65. The third-order valence-corrected chi connectivity index (χ3v) is 2.23. The third-order valence-electron chi connectivity index (χ3n) is 1.42. The number of carbonyl (C=O) groups is 1. The van der Waals surface area contributed by atoms with Crippen LogP contribution in [0.4, 0.5) is 0 Å². The van der Waals surface area contributed by atoms with Crippen LogP contribution in [0.1, 0.15) is 13.8 Å². The highest BCUT2D eigenvalue weighted by molar-refractivity contribution is 7.94. The van der Waals surface area contributed by atoms with Crippen molar-refractivity contribution in [1.82, 2.24) is 0 Å². The van der Waals surface area contributed by atoms with E-state index in [1.807, 2.05) is 30.3 Å². The molecule has 2 nitrogen and oxygen atoms in total. The summed E-state index contributed by atoms with van der Waals surface area (Å²) in [4.78, 5) is 11.7. The van der Waals surface area contributed by atoms with Crippen LogP contribution in [-0.2, 0) is 8.98 Å². The lowest BCUT2D eigenvalue weighted by molar-refractivity contribution is -0.112. The smallest absolute Gasteiger partial charge is 0.155 e. The van der Waals surface area contributed by atoms with Gasteiger partial charge in [0.2, 0.25) is 0 Å². The van der Waals surface area contributed by atoms with Crippen molar-refractivity contribution in [3.63, 3.8) is 0 Å². The average Bonchev–Trinajstić information content (AvgIpc) is 2.15. The van der Waals surface area contributed by atoms with Crippen molar-refractivity contribution < 1.29 is 8.98 Å². The van der Waals surface area contributed by atoms with E-state index in [2.05, 4.69) is 0 Å². The SMILES string of the molecule is CC(=O)/C=C(\C)OSc1ccccc1. The molecule has 1 rings (SSSR count). The van der Waals surface area contributed by atoms with Gasteiger partial charge in [-0.25, -0.2) is 0 Å². The highest BCUT2D eigenvalue weighted by Crippen LogP contribution is 2.21. The maximum Gasteiger partial charge on any atom is 0.155 e. The number of allylic oxidation sites excluding steroid dienone is 2. The average molecular weight is 208 g/mol. The van der Waals surface area contributed by atoms with E-state index in [1.165, 1.54) is 25.0 Å². The first-order valence-electron chi connectivity index (χ1n) is 4.27. The Balaban J connectivity index is 2.45. The molecule has 3 heteroatoms. The Hall–Kier alpha value is -1.22. The van der Waals surface area contributed by atoms with Gasteiger partial charge in [-0.2, -0.15) is 0 Å². The van der Waals surface area contributed by atoms with Gasteiger partial charge in [-0.1, -0.05) is 18.2 Å². The lowest BCUT2D eigenvalue weighted by atomic mass is 10.4. The molecule has 0 N–H and O–H groups in total. The largest absolute Gasteiger partial charge is 0.425 e. The lowest BCUT2D eigenvalue weighted by Crippen LogP contribution is -1.86. The normalized spacial score (nSPS) is 11.1. The molecule has 74 valence electrons. The van der Waals surface area contributed by atoms with Crippen LogP contribution in [-0.4, -0.2) is 5.78 Å². The summed E-state index contributed by atoms with van der Waals surface area (Å²) in [5.41, 5.74) is 0. The van der Waals surface area contributed by atoms with Crippen LogP contribution in [0, 0.1) is 0 Å². The van der Waals surface area contributed by atoms with E-state index in [4.69, 9.17) is 4.18 Å². The Morgan fingerprint density at radius 1 is 1.29 bits per heavy atom. The predicted molar refractivity (Wildman–Crippen MR) is 57.8 cm³/mol. The minimum atomic E-state index is -0.00355. The molecular weight excluding hydrogens is 196 g/mol. The van der Waals surface area contributed by atoms with Gasteiger partial charge in [-0.3, -0.25) is 4.79 Å². The Kier molecular flexibility index (Phi) is 4.26. The number of hydrogen-bond acceptors (Lipinski definition) is 3. The lowest BCUT2D eigenvalue weighted by Gasteiger charge is -2.02. The fourth-order valence-electron chi connectivity index (χ4n) is 0.900. The molecule has 0 aliphatic carbocycles. The number of hydrogen-bond donors (Lipinski definition) is 0. The number of benzene rings is 1. The second-order valence-electron chi connectivity index (χ2n) is 2.85. The first-order valence-corrected chi connectivity index (χ1v) is 5.01. The van der Waals surface area contributed by atoms with E-state index in [0.717, 1.165) is 4.90 Å². The number of rotatable bonds is 4. The summed E-state index contributed by atoms with van der Waals surface area (Å²) in [5.74, 6) is 0.613. The molecule has 0 radical (unpaired) electrons. The molecule has 0 aliphatic heterocycles. The van der Waals surface area contributed by atoms with Gasteiger partial charge in [0.05, 0.1) is 12.0 Å². The summed E-state index contributed by atoms with van der Waals surface area (Å²) in [6.45, 7) is 3.26. The monoisotopic (exact) mass is 208 g/mol. The summed E-state index contributed by atoms with van der Waals surface area (Å²) in [7, 11) is 0. The van der Waals surface area contributed by atoms with Gasteiger partial charge in [0, 0.05) is 11.0 Å². The topological polar surface area (TPSA) is 26.3 Å². The van der Waals surface area contributed by atoms with Crippen LogP contribution in [0.3, 0.4) is 0 Å². The highest BCUT2D eigenvalue weighted by atomic mass is 32.2. The number of ketones is 1. The molecule has 0 atom stereocenters. The summed E-state index contributed by atoms with van der Waals surface area (Å²) in [6, 6.07) is 9.73. The maximum absolute atomic E-state index is 10.7. The van der Waals surface area contributed by atoms with Crippen molar-refractivity contribution in [2.75, 3.05) is 0 Å². The Morgan fingerprint density at radius 3 is 2.50 bits per heavy atom. The van der Waals surface area contributed by atoms with E-state index >= 15 is 0 Å². The molecule has 1 aromatic carbocycles. The summed E-state index contributed by atoms with van der Waals surface area (Å²) in [6.07, 6.45) is 1.47. The van der Waals surface area contributed by atoms with Crippen molar-refractivity contribution in [1.29, 1.82) is 0 Å². The molecule has 0 unspecified atom stereocenters. The van der Waals surface area contributed by atoms with Crippen LogP contribution in [0.5, 0.6) is 0 Å². The first kappa shape index (κ1) is 10.9. The standard InChI is InChI=1S/C11H12O2S/c1-9(12)8-10(2)13-14-11-6-4-3-5-7-11/h3-8H,1-2H3/b10-8+. The molecular formula is C11H12O2S.